The van der Waals surface area contributed by atoms with Crippen molar-refractivity contribution >= 4 is 50.1 Å². The Hall–Kier alpha value is -2.20. The molecule has 8 nitrogen and oxygen atoms in total. The van der Waals surface area contributed by atoms with Crippen molar-refractivity contribution in [3.8, 4) is 0 Å². The molecule has 0 saturated heterocycles. The van der Waals surface area contributed by atoms with Crippen molar-refractivity contribution in [3.63, 3.8) is 0 Å². The Morgan fingerprint density at radius 3 is 2.58 bits per heavy atom. The third-order valence-electron chi connectivity index (χ3n) is 3.39. The van der Waals surface area contributed by atoms with Crippen LogP contribution in [0.2, 0.25) is 0 Å². The fourth-order valence-electron chi connectivity index (χ4n) is 2.18. The first kappa shape index (κ1) is 20.1. The first-order valence-corrected chi connectivity index (χ1v) is 9.30. The van der Waals surface area contributed by atoms with Crippen LogP contribution in [0.3, 0.4) is 0 Å². The first-order chi connectivity index (χ1) is 12.3. The summed E-state index contributed by atoms with van der Waals surface area (Å²) in [5, 5.41) is 6.92. The Labute approximate surface area is 162 Å². The van der Waals surface area contributed by atoms with E-state index in [1.165, 1.54) is 11.8 Å². The van der Waals surface area contributed by atoms with Gasteiger partial charge >= 0.3 is 11.9 Å². The van der Waals surface area contributed by atoms with Gasteiger partial charge in [0.1, 0.15) is 9.88 Å². The highest BCUT2D eigenvalue weighted by atomic mass is 79.9. The highest BCUT2D eigenvalue weighted by Gasteiger charge is 2.28. The van der Waals surface area contributed by atoms with Gasteiger partial charge in [-0.15, -0.1) is 11.3 Å². The minimum atomic E-state index is -0.605. The number of amides is 1. The molecule has 0 spiro atoms. The summed E-state index contributed by atoms with van der Waals surface area (Å²) in [6, 6.07) is 0. The zero-order valence-electron chi connectivity index (χ0n) is 14.7. The number of rotatable bonds is 6. The summed E-state index contributed by atoms with van der Waals surface area (Å²) < 4.78 is 11.9. The highest BCUT2D eigenvalue weighted by Crippen LogP contribution is 2.34. The van der Waals surface area contributed by atoms with Crippen molar-refractivity contribution in [1.29, 1.82) is 0 Å². The number of carbonyl (C=O) groups excluding carboxylic acids is 3. The lowest BCUT2D eigenvalue weighted by Gasteiger charge is -2.07. The smallest absolute Gasteiger partial charge is 0.348 e. The van der Waals surface area contributed by atoms with Crippen LogP contribution in [0.25, 0.3) is 0 Å². The normalized spacial score (nSPS) is 10.5. The van der Waals surface area contributed by atoms with Crippen molar-refractivity contribution in [2.45, 2.75) is 20.3 Å². The van der Waals surface area contributed by atoms with E-state index >= 15 is 0 Å². The summed E-state index contributed by atoms with van der Waals surface area (Å²) in [5.74, 6) is -1.71. The molecule has 0 unspecified atom stereocenters. The van der Waals surface area contributed by atoms with Crippen molar-refractivity contribution in [1.82, 2.24) is 9.78 Å². The number of methoxy groups -OCH3 is 1. The number of hydrogen-bond donors (Lipinski definition) is 1. The first-order valence-electron chi connectivity index (χ1n) is 7.69. The lowest BCUT2D eigenvalue weighted by atomic mass is 10.1. The number of nitrogens with one attached hydrogen (secondary N) is 1. The molecule has 2 aromatic rings. The van der Waals surface area contributed by atoms with Gasteiger partial charge in [-0.2, -0.15) is 5.10 Å². The Balaban J connectivity index is 2.42. The average Bonchev–Trinajstić information content (AvgIpc) is 3.10. The molecule has 2 rings (SSSR count). The van der Waals surface area contributed by atoms with Crippen molar-refractivity contribution in [3.05, 3.63) is 32.4 Å². The fraction of sp³-hybridized carbons (Fsp3) is 0.375. The maximum atomic E-state index is 12.5. The predicted molar refractivity (Wildman–Crippen MR) is 99.8 cm³/mol. The van der Waals surface area contributed by atoms with Gasteiger partial charge in [0, 0.05) is 13.2 Å². The zero-order chi connectivity index (χ0) is 19.4. The van der Waals surface area contributed by atoms with E-state index in [-0.39, 0.29) is 27.7 Å². The van der Waals surface area contributed by atoms with Gasteiger partial charge in [-0.3, -0.25) is 9.48 Å². The Morgan fingerprint density at radius 2 is 2.04 bits per heavy atom. The second kappa shape index (κ2) is 8.45. The summed E-state index contributed by atoms with van der Waals surface area (Å²) in [5.41, 5.74) is 0.702. The maximum Gasteiger partial charge on any atom is 0.348 e. The van der Waals surface area contributed by atoms with Gasteiger partial charge in [0.15, 0.2) is 5.69 Å². The molecule has 0 saturated carbocycles. The number of esters is 2. The average molecular weight is 444 g/mol. The lowest BCUT2D eigenvalue weighted by Crippen LogP contribution is -2.16. The molecular weight excluding hydrogens is 426 g/mol. The number of hydrogen-bond acceptors (Lipinski definition) is 7. The van der Waals surface area contributed by atoms with Gasteiger partial charge in [-0.05, 0) is 34.8 Å². The molecule has 2 aromatic heterocycles. The summed E-state index contributed by atoms with van der Waals surface area (Å²) in [6.45, 7) is 3.72. The Morgan fingerprint density at radius 1 is 1.35 bits per heavy atom. The Kier molecular flexibility index (Phi) is 6.54. The van der Waals surface area contributed by atoms with Crippen LogP contribution in [0.15, 0.2) is 10.7 Å². The fourth-order valence-corrected chi connectivity index (χ4v) is 3.84. The molecule has 10 heteroatoms. The van der Waals surface area contributed by atoms with E-state index in [9.17, 15) is 14.4 Å². The number of halogens is 1. The molecule has 140 valence electrons. The van der Waals surface area contributed by atoms with E-state index < -0.39 is 17.8 Å². The minimum absolute atomic E-state index is 0.143. The molecule has 0 aliphatic rings. The molecule has 26 heavy (non-hydrogen) atoms. The molecule has 1 N–H and O–H groups in total. The SMILES string of the molecule is CCCOC(=O)c1c(NC(=O)c2nn(C)cc2Br)sc(C(=O)OC)c1C. The summed E-state index contributed by atoms with van der Waals surface area (Å²) in [7, 11) is 2.93. The summed E-state index contributed by atoms with van der Waals surface area (Å²) in [6.07, 6.45) is 2.28. The number of thiophene rings is 1. The molecule has 0 aliphatic heterocycles. The quantitative estimate of drug-likeness (QED) is 0.688. The largest absolute Gasteiger partial charge is 0.465 e. The second-order valence-corrected chi connectivity index (χ2v) is 7.22. The maximum absolute atomic E-state index is 12.5. The van der Waals surface area contributed by atoms with Gasteiger partial charge in [0.05, 0.1) is 23.8 Å². The molecule has 0 bridgehead atoms. The van der Waals surface area contributed by atoms with Gasteiger partial charge in [0.25, 0.3) is 5.91 Å². The van der Waals surface area contributed by atoms with E-state index in [0.29, 0.717) is 16.5 Å². The van der Waals surface area contributed by atoms with Crippen LogP contribution in [-0.4, -0.2) is 41.3 Å². The molecule has 0 aromatic carbocycles. The van der Waals surface area contributed by atoms with Crippen LogP contribution >= 0.6 is 27.3 Å². The van der Waals surface area contributed by atoms with Crippen LogP contribution < -0.4 is 5.32 Å². The summed E-state index contributed by atoms with van der Waals surface area (Å²) in [4.78, 5) is 37.1. The summed E-state index contributed by atoms with van der Waals surface area (Å²) >= 11 is 4.22. The Bertz CT molecular complexity index is 858. The topological polar surface area (TPSA) is 99.5 Å². The number of anilines is 1. The molecule has 2 heterocycles. The number of aromatic nitrogens is 2. The van der Waals surface area contributed by atoms with Crippen LogP contribution in [0.1, 0.15) is 49.4 Å². The zero-order valence-corrected chi connectivity index (χ0v) is 17.1. The number of ether oxygens (including phenoxy) is 2. The standard InChI is InChI=1S/C16H18BrN3O5S/c1-5-6-25-15(22)10-8(2)12(16(23)24-4)26-14(10)18-13(21)11-9(17)7-20(3)19-11/h7H,5-6H2,1-4H3,(H,18,21). The van der Waals surface area contributed by atoms with Gasteiger partial charge in [-0.25, -0.2) is 9.59 Å². The third kappa shape index (κ3) is 4.13. The van der Waals surface area contributed by atoms with E-state index in [2.05, 4.69) is 26.3 Å². The van der Waals surface area contributed by atoms with Crippen LogP contribution in [-0.2, 0) is 16.5 Å². The third-order valence-corrected chi connectivity index (χ3v) is 5.15. The molecule has 0 fully saturated rings. The molecule has 0 radical (unpaired) electrons. The number of nitrogens with zero attached hydrogens (tertiary/aromatic N) is 2. The van der Waals surface area contributed by atoms with E-state index in [4.69, 9.17) is 9.47 Å². The number of carbonyl (C=O) groups is 3. The van der Waals surface area contributed by atoms with Gasteiger partial charge in [-0.1, -0.05) is 6.92 Å². The van der Waals surface area contributed by atoms with Crippen LogP contribution in [0, 0.1) is 6.92 Å². The van der Waals surface area contributed by atoms with Crippen molar-refractivity contribution < 1.29 is 23.9 Å². The molecule has 0 atom stereocenters. The molecular formula is C16H18BrN3O5S. The predicted octanol–water partition coefficient (Wildman–Crippen LogP) is 3.16. The highest BCUT2D eigenvalue weighted by molar-refractivity contribution is 9.10. The minimum Gasteiger partial charge on any atom is -0.465 e. The van der Waals surface area contributed by atoms with E-state index in [0.717, 1.165) is 11.3 Å². The van der Waals surface area contributed by atoms with Gasteiger partial charge < -0.3 is 14.8 Å². The number of aryl methyl sites for hydroxylation is 1. The van der Waals surface area contributed by atoms with Gasteiger partial charge in [0.2, 0.25) is 0 Å². The second-order valence-electron chi connectivity index (χ2n) is 5.34. The lowest BCUT2D eigenvalue weighted by molar-refractivity contribution is 0.0506. The monoisotopic (exact) mass is 443 g/mol. The van der Waals surface area contributed by atoms with Crippen molar-refractivity contribution in [2.24, 2.45) is 7.05 Å². The van der Waals surface area contributed by atoms with Crippen molar-refractivity contribution in [2.75, 3.05) is 19.0 Å². The van der Waals surface area contributed by atoms with Crippen LogP contribution in [0.4, 0.5) is 5.00 Å². The van der Waals surface area contributed by atoms with E-state index in [1.54, 1.807) is 20.2 Å². The van der Waals surface area contributed by atoms with Crippen LogP contribution in [0.5, 0.6) is 0 Å². The molecule has 0 aliphatic carbocycles. The van der Waals surface area contributed by atoms with E-state index in [1.807, 2.05) is 6.92 Å². The molecule has 1 amide bonds.